The number of hydrogen-bond donors (Lipinski definition) is 4. The molecule has 0 spiro atoms. The lowest BCUT2D eigenvalue weighted by molar-refractivity contribution is -0.137. The zero-order chi connectivity index (χ0) is 31.3. The number of benzene rings is 3. The second-order valence-electron chi connectivity index (χ2n) is 11.4. The van der Waals surface area contributed by atoms with E-state index in [4.69, 9.17) is 4.74 Å². The lowest BCUT2D eigenvalue weighted by atomic mass is 9.94. The second-order valence-corrected chi connectivity index (χ2v) is 13.1. The van der Waals surface area contributed by atoms with Crippen LogP contribution in [0.2, 0.25) is 0 Å². The maximum atomic E-state index is 13.3. The van der Waals surface area contributed by atoms with E-state index in [1.165, 1.54) is 0 Å². The van der Waals surface area contributed by atoms with Crippen molar-refractivity contribution < 1.29 is 36.2 Å². The molecular formula is C31H36F3N3O5S. The molecule has 3 aromatic carbocycles. The van der Waals surface area contributed by atoms with Crippen molar-refractivity contribution in [3.63, 3.8) is 0 Å². The fraction of sp³-hybridized carbons (Fsp3) is 0.387. The highest BCUT2D eigenvalue weighted by Gasteiger charge is 2.33. The van der Waals surface area contributed by atoms with Crippen molar-refractivity contribution in [3.8, 4) is 5.75 Å². The summed E-state index contributed by atoms with van der Waals surface area (Å²) in [6.07, 6.45) is -4.48. The van der Waals surface area contributed by atoms with Crippen LogP contribution in [-0.4, -0.2) is 39.2 Å². The van der Waals surface area contributed by atoms with Crippen molar-refractivity contribution in [2.75, 3.05) is 19.8 Å². The molecule has 12 heteroatoms. The summed E-state index contributed by atoms with van der Waals surface area (Å²) in [5, 5.41) is 15.7. The number of halogens is 3. The van der Waals surface area contributed by atoms with Gasteiger partial charge >= 0.3 is 6.18 Å². The van der Waals surface area contributed by atoms with Gasteiger partial charge in [-0.3, -0.25) is 4.79 Å². The summed E-state index contributed by atoms with van der Waals surface area (Å²) >= 11 is 0. The molecule has 1 heterocycles. The van der Waals surface area contributed by atoms with Gasteiger partial charge in [-0.05, 0) is 35.4 Å². The number of amides is 1. The molecule has 43 heavy (non-hydrogen) atoms. The van der Waals surface area contributed by atoms with E-state index in [1.54, 1.807) is 30.3 Å². The van der Waals surface area contributed by atoms with Crippen molar-refractivity contribution in [2.24, 2.45) is 5.41 Å². The molecule has 0 fully saturated rings. The zero-order valence-electron chi connectivity index (χ0n) is 23.9. The molecule has 4 rings (SSSR count). The number of sulfonamides is 1. The smallest absolute Gasteiger partial charge is 0.416 e. The number of fused-ring (bicyclic) bond motifs is 1. The number of ether oxygens (including phenoxy) is 1. The van der Waals surface area contributed by atoms with Crippen molar-refractivity contribution in [2.45, 2.75) is 56.4 Å². The lowest BCUT2D eigenvalue weighted by Gasteiger charge is -2.28. The standard InChI is InChI=1S/C31H36F3N3O5S/c1-30(2,20-38)19-35-18-21-11-12-25-26(13-14-42-28(25)15-21)36-29(39)17-27(22-7-4-3-5-8-22)37-43(40,41)24-10-6-9-23(16-24)31(32,33)34/h3-12,15-16,26-27,35,37-38H,13-14,17-20H2,1-2H3,(H,36,39)/t26-,27?/m1/s1. The van der Waals surface area contributed by atoms with Gasteiger partial charge in [-0.1, -0.05) is 62.4 Å². The molecule has 1 amide bonds. The molecule has 232 valence electrons. The predicted molar refractivity (Wildman–Crippen MR) is 156 cm³/mol. The molecule has 2 atom stereocenters. The van der Waals surface area contributed by atoms with Crippen LogP contribution in [0.5, 0.6) is 5.75 Å². The average molecular weight is 620 g/mol. The largest absolute Gasteiger partial charge is 0.493 e. The van der Waals surface area contributed by atoms with Gasteiger partial charge in [0.15, 0.2) is 0 Å². The number of nitrogens with one attached hydrogen (secondary N) is 3. The second kappa shape index (κ2) is 13.5. The van der Waals surface area contributed by atoms with Crippen LogP contribution >= 0.6 is 0 Å². The van der Waals surface area contributed by atoms with Gasteiger partial charge in [0, 0.05) is 43.5 Å². The van der Waals surface area contributed by atoms with E-state index in [0.29, 0.717) is 43.5 Å². The average Bonchev–Trinajstić information content (AvgIpc) is 2.97. The fourth-order valence-corrected chi connectivity index (χ4v) is 6.01. The summed E-state index contributed by atoms with van der Waals surface area (Å²) in [5.41, 5.74) is 0.920. The Bertz CT molecular complexity index is 1510. The first-order valence-electron chi connectivity index (χ1n) is 13.9. The van der Waals surface area contributed by atoms with Crippen molar-refractivity contribution in [1.82, 2.24) is 15.4 Å². The van der Waals surface area contributed by atoms with Crippen molar-refractivity contribution >= 4 is 15.9 Å². The Labute approximate surface area is 249 Å². The van der Waals surface area contributed by atoms with Crippen LogP contribution < -0.4 is 20.1 Å². The quantitative estimate of drug-likeness (QED) is 0.230. The molecule has 1 unspecified atom stereocenters. The topological polar surface area (TPSA) is 117 Å². The van der Waals surface area contributed by atoms with Gasteiger partial charge in [-0.2, -0.15) is 13.2 Å². The summed E-state index contributed by atoms with van der Waals surface area (Å²) in [6.45, 7) is 5.55. The fourth-order valence-electron chi connectivity index (χ4n) is 4.74. The lowest BCUT2D eigenvalue weighted by Crippen LogP contribution is -2.36. The van der Waals surface area contributed by atoms with Crippen LogP contribution in [0.3, 0.4) is 0 Å². The van der Waals surface area contributed by atoms with E-state index in [0.717, 1.165) is 29.3 Å². The molecule has 0 aliphatic carbocycles. The minimum Gasteiger partial charge on any atom is -0.493 e. The highest BCUT2D eigenvalue weighted by molar-refractivity contribution is 7.89. The van der Waals surface area contributed by atoms with Crippen molar-refractivity contribution in [3.05, 3.63) is 95.1 Å². The van der Waals surface area contributed by atoms with Gasteiger partial charge in [0.2, 0.25) is 15.9 Å². The van der Waals surface area contributed by atoms with Gasteiger partial charge in [0.05, 0.1) is 29.1 Å². The zero-order valence-corrected chi connectivity index (χ0v) is 24.8. The number of aliphatic hydroxyl groups excluding tert-OH is 1. The summed E-state index contributed by atoms with van der Waals surface area (Å²) < 4.78 is 74.3. The number of alkyl halides is 3. The van der Waals surface area contributed by atoms with Crippen molar-refractivity contribution in [1.29, 1.82) is 0 Å². The summed E-state index contributed by atoms with van der Waals surface area (Å²) in [7, 11) is -4.41. The number of aliphatic hydroxyl groups is 1. The van der Waals surface area contributed by atoms with Crippen LogP contribution in [0, 0.1) is 5.41 Å². The Balaban J connectivity index is 1.47. The van der Waals surface area contributed by atoms with Gasteiger partial charge in [-0.15, -0.1) is 0 Å². The number of rotatable bonds is 12. The molecule has 0 bridgehead atoms. The van der Waals surface area contributed by atoms with E-state index in [1.807, 2.05) is 32.0 Å². The highest BCUT2D eigenvalue weighted by atomic mass is 32.2. The number of carbonyl (C=O) groups excluding carboxylic acids is 1. The first-order valence-corrected chi connectivity index (χ1v) is 15.4. The van der Waals surface area contributed by atoms with Gasteiger partial charge in [0.1, 0.15) is 5.75 Å². The summed E-state index contributed by atoms with van der Waals surface area (Å²) in [4.78, 5) is 12.7. The molecule has 1 aliphatic heterocycles. The Morgan fingerprint density at radius 1 is 1.05 bits per heavy atom. The maximum Gasteiger partial charge on any atom is 0.416 e. The number of hydrogen-bond acceptors (Lipinski definition) is 6. The van der Waals surface area contributed by atoms with E-state index in [2.05, 4.69) is 15.4 Å². The van der Waals surface area contributed by atoms with Crippen LogP contribution in [0.4, 0.5) is 13.2 Å². The SMILES string of the molecule is CC(C)(CO)CNCc1ccc2c(c1)OCC[C@H]2NC(=O)CC(NS(=O)(=O)c1cccc(C(F)(F)F)c1)c1ccccc1. The van der Waals surface area contributed by atoms with Gasteiger partial charge < -0.3 is 20.5 Å². The molecule has 0 saturated carbocycles. The Kier molecular flexibility index (Phi) is 10.2. The molecule has 0 aromatic heterocycles. The summed E-state index contributed by atoms with van der Waals surface area (Å²) in [6, 6.07) is 16.2. The van der Waals surface area contributed by atoms with E-state index >= 15 is 0 Å². The highest BCUT2D eigenvalue weighted by Crippen LogP contribution is 2.34. The molecule has 4 N–H and O–H groups in total. The van der Waals surface area contributed by atoms with Crippen LogP contribution in [-0.2, 0) is 27.5 Å². The molecular weight excluding hydrogens is 583 g/mol. The van der Waals surface area contributed by atoms with Crippen LogP contribution in [0.15, 0.2) is 77.7 Å². The van der Waals surface area contributed by atoms with Gasteiger partial charge in [0.25, 0.3) is 0 Å². The maximum absolute atomic E-state index is 13.3. The first-order chi connectivity index (χ1) is 20.3. The third-order valence-electron chi connectivity index (χ3n) is 7.17. The minimum absolute atomic E-state index is 0.0620. The first kappa shape index (κ1) is 32.5. The van der Waals surface area contributed by atoms with E-state index < -0.39 is 38.6 Å². The predicted octanol–water partition coefficient (Wildman–Crippen LogP) is 4.86. The monoisotopic (exact) mass is 619 g/mol. The van der Waals surface area contributed by atoms with E-state index in [-0.39, 0.29) is 24.5 Å². The minimum atomic E-state index is -4.71. The third kappa shape index (κ3) is 8.79. The molecule has 0 radical (unpaired) electrons. The normalized spacial score (nSPS) is 16.2. The molecule has 8 nitrogen and oxygen atoms in total. The molecule has 0 saturated heterocycles. The molecule has 1 aliphatic rings. The Morgan fingerprint density at radius 2 is 1.79 bits per heavy atom. The Hall–Kier alpha value is -3.45. The van der Waals surface area contributed by atoms with Gasteiger partial charge in [-0.25, -0.2) is 13.1 Å². The molecule has 3 aromatic rings. The van der Waals surface area contributed by atoms with E-state index in [9.17, 15) is 31.5 Å². The summed E-state index contributed by atoms with van der Waals surface area (Å²) in [5.74, 6) is 0.206. The number of carbonyl (C=O) groups is 1. The van der Waals surface area contributed by atoms with Crippen LogP contribution in [0.1, 0.15) is 61.0 Å². The van der Waals surface area contributed by atoms with Crippen LogP contribution in [0.25, 0.3) is 0 Å². The third-order valence-corrected chi connectivity index (χ3v) is 8.64. The Morgan fingerprint density at radius 3 is 2.49 bits per heavy atom.